The highest BCUT2D eigenvalue weighted by molar-refractivity contribution is 7.80. The van der Waals surface area contributed by atoms with Crippen molar-refractivity contribution in [3.05, 3.63) is 114 Å². The van der Waals surface area contributed by atoms with Gasteiger partial charge < -0.3 is 24.8 Å². The molecule has 10 heteroatoms. The molecule has 2 unspecified atom stereocenters. The number of pyridine rings is 1. The maximum Gasteiger partial charge on any atom is 0.337 e. The van der Waals surface area contributed by atoms with Crippen LogP contribution in [0, 0.1) is 5.82 Å². The molecule has 1 saturated heterocycles. The third-order valence-electron chi connectivity index (χ3n) is 6.53. The van der Waals surface area contributed by atoms with E-state index in [4.69, 9.17) is 17.0 Å². The van der Waals surface area contributed by atoms with E-state index in [1.54, 1.807) is 24.4 Å². The maximum absolute atomic E-state index is 13.2. The number of anilines is 1. The van der Waals surface area contributed by atoms with Crippen LogP contribution in [0.4, 0.5) is 10.1 Å². The van der Waals surface area contributed by atoms with E-state index in [-0.39, 0.29) is 30.2 Å². The Labute approximate surface area is 230 Å². The second kappa shape index (κ2) is 11.4. The van der Waals surface area contributed by atoms with Crippen molar-refractivity contribution in [3.8, 4) is 5.69 Å². The van der Waals surface area contributed by atoms with Crippen LogP contribution in [0.5, 0.6) is 0 Å². The van der Waals surface area contributed by atoms with Gasteiger partial charge in [-0.15, -0.1) is 0 Å². The summed E-state index contributed by atoms with van der Waals surface area (Å²) in [6.07, 6.45) is 3.81. The third kappa shape index (κ3) is 5.65. The highest BCUT2D eigenvalue weighted by Crippen LogP contribution is 2.39. The molecule has 2 aromatic carbocycles. The first kappa shape index (κ1) is 26.1. The first-order valence-corrected chi connectivity index (χ1v) is 12.7. The average Bonchev–Trinajstić information content (AvgIpc) is 3.57. The second-order valence-corrected chi connectivity index (χ2v) is 9.36. The van der Waals surface area contributed by atoms with Crippen molar-refractivity contribution < 1.29 is 18.7 Å². The minimum Gasteiger partial charge on any atom is -0.465 e. The molecule has 0 radical (unpaired) electrons. The fraction of sp³-hybridized carbons (Fsp3) is 0.172. The van der Waals surface area contributed by atoms with Gasteiger partial charge in [-0.05, 0) is 78.9 Å². The first-order chi connectivity index (χ1) is 18.9. The first-order valence-electron chi connectivity index (χ1n) is 12.3. The van der Waals surface area contributed by atoms with Gasteiger partial charge in [0, 0.05) is 42.4 Å². The zero-order chi connectivity index (χ0) is 27.4. The Balaban J connectivity index is 1.45. The number of esters is 1. The van der Waals surface area contributed by atoms with Gasteiger partial charge in [-0.3, -0.25) is 9.78 Å². The van der Waals surface area contributed by atoms with Crippen molar-refractivity contribution in [3.63, 3.8) is 0 Å². The largest absolute Gasteiger partial charge is 0.465 e. The molecule has 3 heterocycles. The molecule has 1 aliphatic rings. The van der Waals surface area contributed by atoms with Crippen molar-refractivity contribution in [2.45, 2.75) is 18.5 Å². The standard InChI is InChI=1S/C29H26FN5O3S/c1-38-28(37)19-6-4-7-22(18-19)34-16-5-9-24(34)27-26(23-8-2-3-15-31-23)33-29(39)35(27)17-14-25(36)32-21-12-10-20(30)11-13-21/h2-13,15-16,18,26-27H,14,17H2,1H3,(H,32,36)(H,33,39). The lowest BCUT2D eigenvalue weighted by Crippen LogP contribution is -2.33. The number of halogens is 1. The minimum atomic E-state index is -0.422. The number of amides is 1. The van der Waals surface area contributed by atoms with Crippen LogP contribution >= 0.6 is 12.2 Å². The van der Waals surface area contributed by atoms with Gasteiger partial charge in [0.05, 0.1) is 30.5 Å². The minimum absolute atomic E-state index is 0.156. The summed E-state index contributed by atoms with van der Waals surface area (Å²) in [6, 6.07) is 21.9. The van der Waals surface area contributed by atoms with Gasteiger partial charge in [-0.1, -0.05) is 12.1 Å². The summed E-state index contributed by atoms with van der Waals surface area (Å²) in [5.41, 5.74) is 3.44. The van der Waals surface area contributed by atoms with Gasteiger partial charge in [0.2, 0.25) is 5.91 Å². The lowest BCUT2D eigenvalue weighted by Gasteiger charge is -2.29. The van der Waals surface area contributed by atoms with Crippen LogP contribution in [0.3, 0.4) is 0 Å². The van der Waals surface area contributed by atoms with Crippen LogP contribution in [-0.4, -0.2) is 45.1 Å². The van der Waals surface area contributed by atoms with Crippen LogP contribution in [0.25, 0.3) is 5.69 Å². The molecule has 198 valence electrons. The van der Waals surface area contributed by atoms with Crippen molar-refractivity contribution in [1.82, 2.24) is 19.8 Å². The highest BCUT2D eigenvalue weighted by Gasteiger charge is 2.41. The Morgan fingerprint density at radius 2 is 1.90 bits per heavy atom. The maximum atomic E-state index is 13.2. The molecule has 2 aromatic heterocycles. The van der Waals surface area contributed by atoms with E-state index >= 15 is 0 Å². The van der Waals surface area contributed by atoms with E-state index in [0.717, 1.165) is 17.1 Å². The molecule has 0 aliphatic carbocycles. The molecule has 8 nitrogen and oxygen atoms in total. The van der Waals surface area contributed by atoms with Crippen LogP contribution in [0.1, 0.15) is 40.3 Å². The van der Waals surface area contributed by atoms with Gasteiger partial charge in [-0.25, -0.2) is 9.18 Å². The van der Waals surface area contributed by atoms with Crippen LogP contribution in [0.15, 0.2) is 91.3 Å². The van der Waals surface area contributed by atoms with Crippen LogP contribution < -0.4 is 10.6 Å². The molecule has 4 aromatic rings. The van der Waals surface area contributed by atoms with Gasteiger partial charge >= 0.3 is 5.97 Å². The Kier molecular flexibility index (Phi) is 7.64. The van der Waals surface area contributed by atoms with Crippen LogP contribution in [-0.2, 0) is 9.53 Å². The number of carbonyl (C=O) groups excluding carboxylic acids is 2. The molecule has 0 saturated carbocycles. The molecule has 39 heavy (non-hydrogen) atoms. The van der Waals surface area contributed by atoms with E-state index in [9.17, 15) is 14.0 Å². The molecule has 0 spiro atoms. The van der Waals surface area contributed by atoms with E-state index in [1.165, 1.54) is 31.4 Å². The smallest absolute Gasteiger partial charge is 0.337 e. The van der Waals surface area contributed by atoms with Crippen LogP contribution in [0.2, 0.25) is 0 Å². The van der Waals surface area contributed by atoms with Gasteiger partial charge in [0.1, 0.15) is 5.82 Å². The summed E-state index contributed by atoms with van der Waals surface area (Å²) in [5, 5.41) is 6.69. The average molecular weight is 544 g/mol. The predicted molar refractivity (Wildman–Crippen MR) is 149 cm³/mol. The molecule has 2 N–H and O–H groups in total. The number of hydrogen-bond acceptors (Lipinski definition) is 5. The van der Waals surface area contributed by atoms with Gasteiger partial charge in [-0.2, -0.15) is 0 Å². The number of ether oxygens (including phenoxy) is 1. The topological polar surface area (TPSA) is 88.5 Å². The molecule has 1 aliphatic heterocycles. The van der Waals surface area contributed by atoms with E-state index in [2.05, 4.69) is 15.6 Å². The SMILES string of the molecule is COC(=O)c1cccc(-n2cccc2C2C(c3ccccn3)NC(=S)N2CCC(=O)Nc2ccc(F)cc2)c1. The fourth-order valence-corrected chi connectivity index (χ4v) is 5.05. The quantitative estimate of drug-likeness (QED) is 0.244. The number of carbonyl (C=O) groups is 2. The number of nitrogens with one attached hydrogen (secondary N) is 2. The monoisotopic (exact) mass is 543 g/mol. The van der Waals surface area contributed by atoms with Crippen molar-refractivity contribution >= 4 is 34.9 Å². The van der Waals surface area contributed by atoms with Gasteiger partial charge in [0.25, 0.3) is 0 Å². The third-order valence-corrected chi connectivity index (χ3v) is 6.89. The zero-order valence-corrected chi connectivity index (χ0v) is 21.9. The Hall–Kier alpha value is -4.57. The van der Waals surface area contributed by atoms with Crippen molar-refractivity contribution in [2.24, 2.45) is 0 Å². The molecular weight excluding hydrogens is 517 g/mol. The summed E-state index contributed by atoms with van der Waals surface area (Å²) < 4.78 is 20.1. The summed E-state index contributed by atoms with van der Waals surface area (Å²) in [6.45, 7) is 0.334. The Bertz CT molecular complexity index is 1490. The molecule has 1 fully saturated rings. The lowest BCUT2D eigenvalue weighted by atomic mass is 10.0. The molecular formula is C29H26FN5O3S. The summed E-state index contributed by atoms with van der Waals surface area (Å²) in [4.78, 5) is 31.5. The number of hydrogen-bond donors (Lipinski definition) is 2. The van der Waals surface area contributed by atoms with Crippen molar-refractivity contribution in [1.29, 1.82) is 0 Å². The molecule has 5 rings (SSSR count). The number of thiocarbonyl (C=S) groups is 1. The number of benzene rings is 2. The summed E-state index contributed by atoms with van der Waals surface area (Å²) in [5.74, 6) is -1.01. The number of aromatic nitrogens is 2. The zero-order valence-electron chi connectivity index (χ0n) is 21.1. The number of nitrogens with zero attached hydrogens (tertiary/aromatic N) is 3. The summed E-state index contributed by atoms with van der Waals surface area (Å²) >= 11 is 5.74. The second-order valence-electron chi connectivity index (χ2n) is 8.97. The Morgan fingerprint density at radius 3 is 2.64 bits per heavy atom. The molecule has 1 amide bonds. The van der Waals surface area contributed by atoms with Crippen molar-refractivity contribution in [2.75, 3.05) is 19.0 Å². The predicted octanol–water partition coefficient (Wildman–Crippen LogP) is 4.80. The normalized spacial score (nSPS) is 16.6. The van der Waals surface area contributed by atoms with E-state index < -0.39 is 5.97 Å². The number of methoxy groups -OCH3 is 1. The van der Waals surface area contributed by atoms with E-state index in [1.807, 2.05) is 52.1 Å². The van der Waals surface area contributed by atoms with Gasteiger partial charge in [0.15, 0.2) is 5.11 Å². The highest BCUT2D eigenvalue weighted by atomic mass is 32.1. The Morgan fingerprint density at radius 1 is 1.08 bits per heavy atom. The lowest BCUT2D eigenvalue weighted by molar-refractivity contribution is -0.116. The molecule has 2 atom stereocenters. The summed E-state index contributed by atoms with van der Waals surface area (Å²) in [7, 11) is 1.35. The number of rotatable bonds is 8. The van der Waals surface area contributed by atoms with E-state index in [0.29, 0.717) is 22.9 Å². The molecule has 0 bridgehead atoms. The fourth-order valence-electron chi connectivity index (χ4n) is 4.72.